The molecule has 1 aromatic rings. The molecule has 0 spiro atoms. The van der Waals surface area contributed by atoms with Crippen molar-refractivity contribution < 1.29 is 13.3 Å². The Labute approximate surface area is 118 Å². The second-order valence-corrected chi connectivity index (χ2v) is 6.97. The van der Waals surface area contributed by atoms with Crippen LogP contribution in [0.15, 0.2) is 34.2 Å². The quantitative estimate of drug-likeness (QED) is 0.662. The van der Waals surface area contributed by atoms with Crippen molar-refractivity contribution in [2.45, 2.75) is 12.6 Å². The first-order valence-electron chi connectivity index (χ1n) is 5.44. The Kier molecular flexibility index (Phi) is 4.02. The highest BCUT2D eigenvalue weighted by molar-refractivity contribution is 9.10. The summed E-state index contributed by atoms with van der Waals surface area (Å²) in [4.78, 5) is 10.3. The summed E-state index contributed by atoms with van der Waals surface area (Å²) >= 11 is 3.11. The van der Waals surface area contributed by atoms with E-state index in [0.717, 1.165) is 5.56 Å². The highest BCUT2D eigenvalue weighted by Crippen LogP contribution is 2.25. The fourth-order valence-corrected chi connectivity index (χ4v) is 3.42. The number of nitrogens with zero attached hydrogens (tertiary/aromatic N) is 1. The topological polar surface area (TPSA) is 89.3 Å². The molecule has 0 radical (unpaired) electrons. The Hall–Kier alpha value is -1.25. The van der Waals surface area contributed by atoms with E-state index in [0.29, 0.717) is 11.0 Å². The smallest absolute Gasteiger partial charge is 0.283 e. The van der Waals surface area contributed by atoms with Crippen LogP contribution in [0.3, 0.4) is 0 Å². The Balaban J connectivity index is 2.03. The van der Waals surface area contributed by atoms with Crippen LogP contribution in [-0.2, 0) is 16.4 Å². The fraction of sp³-hybridized carbons (Fsp3) is 0.273. The summed E-state index contributed by atoms with van der Waals surface area (Å²) in [6.45, 7) is 0.374. The third-order valence-corrected chi connectivity index (χ3v) is 4.77. The average molecular weight is 347 g/mol. The molecule has 1 aromatic carbocycles. The normalized spacial score (nSPS) is 20.6. The van der Waals surface area contributed by atoms with Crippen molar-refractivity contribution in [1.82, 2.24) is 5.32 Å². The third-order valence-electron chi connectivity index (χ3n) is 2.71. The number of nitro benzene ring substituents is 1. The number of benzene rings is 1. The minimum Gasteiger partial charge on any atom is -0.305 e. The van der Waals surface area contributed by atoms with Crippen molar-refractivity contribution in [3.8, 4) is 0 Å². The Morgan fingerprint density at radius 2 is 2.21 bits per heavy atom. The van der Waals surface area contributed by atoms with Gasteiger partial charge >= 0.3 is 0 Å². The van der Waals surface area contributed by atoms with Crippen LogP contribution in [0.1, 0.15) is 5.56 Å². The van der Waals surface area contributed by atoms with E-state index in [2.05, 4.69) is 21.2 Å². The molecule has 1 unspecified atom stereocenters. The number of nitro groups is 1. The second-order valence-electron chi connectivity index (χ2n) is 4.19. The lowest BCUT2D eigenvalue weighted by Crippen LogP contribution is -2.29. The zero-order valence-electron chi connectivity index (χ0n) is 9.74. The van der Waals surface area contributed by atoms with Gasteiger partial charge in [0.05, 0.1) is 15.1 Å². The molecule has 0 fully saturated rings. The van der Waals surface area contributed by atoms with Crippen molar-refractivity contribution in [1.29, 1.82) is 0 Å². The van der Waals surface area contributed by atoms with Crippen molar-refractivity contribution in [2.24, 2.45) is 0 Å². The summed E-state index contributed by atoms with van der Waals surface area (Å²) in [7, 11) is -3.09. The van der Waals surface area contributed by atoms with Gasteiger partial charge in [0, 0.05) is 24.1 Å². The molecular weight excluding hydrogens is 336 g/mol. The molecule has 1 aliphatic heterocycles. The predicted octanol–water partition coefficient (Wildman–Crippen LogP) is 1.76. The maximum atomic E-state index is 11.2. The SMILES string of the molecule is O=[N+]([O-])c1cc(CNC2C=CS(=O)(=O)C2)ccc1Br. The molecule has 1 atom stereocenters. The molecule has 6 nitrogen and oxygen atoms in total. The van der Waals surface area contributed by atoms with E-state index in [1.807, 2.05) is 0 Å². The zero-order chi connectivity index (χ0) is 14.0. The van der Waals surface area contributed by atoms with E-state index in [9.17, 15) is 18.5 Å². The highest BCUT2D eigenvalue weighted by Gasteiger charge is 2.21. The van der Waals surface area contributed by atoms with E-state index >= 15 is 0 Å². The van der Waals surface area contributed by atoms with Crippen molar-refractivity contribution in [2.75, 3.05) is 5.75 Å². The minimum absolute atomic E-state index is 0.00566. The minimum atomic E-state index is -3.09. The van der Waals surface area contributed by atoms with Crippen LogP contribution in [0.5, 0.6) is 0 Å². The Morgan fingerprint density at radius 1 is 1.47 bits per heavy atom. The molecule has 0 saturated heterocycles. The molecule has 0 saturated carbocycles. The molecule has 102 valence electrons. The standard InChI is InChI=1S/C11H11BrN2O4S/c12-10-2-1-8(5-11(10)14(15)16)6-13-9-3-4-19(17,18)7-9/h1-5,9,13H,6-7H2. The summed E-state index contributed by atoms with van der Waals surface area (Å²) in [5, 5.41) is 15.0. The van der Waals surface area contributed by atoms with Crippen LogP contribution in [0.2, 0.25) is 0 Å². The van der Waals surface area contributed by atoms with Crippen molar-refractivity contribution >= 4 is 31.5 Å². The predicted molar refractivity (Wildman–Crippen MR) is 74.4 cm³/mol. The summed E-state index contributed by atoms with van der Waals surface area (Å²) in [5.41, 5.74) is 0.724. The first-order valence-corrected chi connectivity index (χ1v) is 7.95. The van der Waals surface area contributed by atoms with Gasteiger partial charge in [0.2, 0.25) is 0 Å². The summed E-state index contributed by atoms with van der Waals surface area (Å²) < 4.78 is 22.9. The van der Waals surface area contributed by atoms with Crippen LogP contribution in [0, 0.1) is 10.1 Å². The average Bonchev–Trinajstić information content (AvgIpc) is 2.67. The molecule has 19 heavy (non-hydrogen) atoms. The van der Waals surface area contributed by atoms with E-state index in [1.54, 1.807) is 18.2 Å². The van der Waals surface area contributed by atoms with Crippen LogP contribution < -0.4 is 5.32 Å². The number of halogens is 1. The third kappa shape index (κ3) is 3.62. The van der Waals surface area contributed by atoms with Crippen molar-refractivity contribution in [3.05, 3.63) is 49.8 Å². The largest absolute Gasteiger partial charge is 0.305 e. The number of sulfone groups is 1. The van der Waals surface area contributed by atoms with Crippen molar-refractivity contribution in [3.63, 3.8) is 0 Å². The van der Waals surface area contributed by atoms with E-state index < -0.39 is 14.8 Å². The summed E-state index contributed by atoms with van der Waals surface area (Å²) in [5.74, 6) is 0.0334. The van der Waals surface area contributed by atoms with E-state index in [1.165, 1.54) is 11.5 Å². The van der Waals surface area contributed by atoms with Gasteiger partial charge in [0.15, 0.2) is 9.84 Å². The monoisotopic (exact) mass is 346 g/mol. The number of hydrogen-bond donors (Lipinski definition) is 1. The summed E-state index contributed by atoms with van der Waals surface area (Å²) in [6, 6.07) is 4.57. The van der Waals surface area contributed by atoms with Gasteiger partial charge in [-0.15, -0.1) is 0 Å². The molecule has 0 amide bonds. The molecule has 0 bridgehead atoms. The molecule has 1 aliphatic rings. The Bertz CT molecular complexity index is 642. The maximum Gasteiger partial charge on any atom is 0.283 e. The molecule has 2 rings (SSSR count). The van der Waals surface area contributed by atoms with Gasteiger partial charge in [0.25, 0.3) is 5.69 Å². The van der Waals surface area contributed by atoms with E-state index in [-0.39, 0.29) is 17.5 Å². The van der Waals surface area contributed by atoms with Gasteiger partial charge in [-0.3, -0.25) is 10.1 Å². The highest BCUT2D eigenvalue weighted by atomic mass is 79.9. The van der Waals surface area contributed by atoms with Gasteiger partial charge in [-0.25, -0.2) is 8.42 Å². The first-order chi connectivity index (χ1) is 8.87. The number of nitrogens with one attached hydrogen (secondary N) is 1. The fourth-order valence-electron chi connectivity index (χ4n) is 1.76. The lowest BCUT2D eigenvalue weighted by Gasteiger charge is -2.09. The van der Waals surface area contributed by atoms with Gasteiger partial charge in [-0.2, -0.15) is 0 Å². The Morgan fingerprint density at radius 3 is 2.79 bits per heavy atom. The summed E-state index contributed by atoms with van der Waals surface area (Å²) in [6.07, 6.45) is 1.59. The van der Waals surface area contributed by atoms with Gasteiger partial charge in [0.1, 0.15) is 0 Å². The van der Waals surface area contributed by atoms with Crippen LogP contribution in [-0.4, -0.2) is 25.1 Å². The van der Waals surface area contributed by atoms with Crippen LogP contribution in [0.25, 0.3) is 0 Å². The van der Waals surface area contributed by atoms with Crippen LogP contribution >= 0.6 is 15.9 Å². The molecule has 8 heteroatoms. The number of rotatable bonds is 4. The van der Waals surface area contributed by atoms with Gasteiger partial charge < -0.3 is 5.32 Å². The molecule has 1 heterocycles. The zero-order valence-corrected chi connectivity index (χ0v) is 12.1. The van der Waals surface area contributed by atoms with Gasteiger partial charge in [-0.05, 0) is 27.6 Å². The molecule has 1 N–H and O–H groups in total. The number of hydrogen-bond acceptors (Lipinski definition) is 5. The molecular formula is C11H11BrN2O4S. The first kappa shape index (κ1) is 14.2. The van der Waals surface area contributed by atoms with Crippen LogP contribution in [0.4, 0.5) is 5.69 Å². The lowest BCUT2D eigenvalue weighted by atomic mass is 10.2. The maximum absolute atomic E-state index is 11.2. The molecule has 0 aliphatic carbocycles. The van der Waals surface area contributed by atoms with Gasteiger partial charge in [-0.1, -0.05) is 12.1 Å². The van der Waals surface area contributed by atoms with E-state index in [4.69, 9.17) is 0 Å². The second kappa shape index (κ2) is 5.40. The lowest BCUT2D eigenvalue weighted by molar-refractivity contribution is -0.385. The molecule has 0 aromatic heterocycles.